The molecule has 0 heterocycles. The van der Waals surface area contributed by atoms with E-state index in [-0.39, 0.29) is 11.7 Å². The largest absolute Gasteiger partial charge is 0.414 e. The van der Waals surface area contributed by atoms with Crippen molar-refractivity contribution in [2.24, 2.45) is 5.92 Å². The van der Waals surface area contributed by atoms with Gasteiger partial charge in [-0.15, -0.1) is 0 Å². The lowest BCUT2D eigenvalue weighted by atomic mass is 9.73. The van der Waals surface area contributed by atoms with E-state index in [1.54, 1.807) is 0 Å². The van der Waals surface area contributed by atoms with Crippen LogP contribution in [0.5, 0.6) is 0 Å². The van der Waals surface area contributed by atoms with E-state index in [0.29, 0.717) is 16.9 Å². The van der Waals surface area contributed by atoms with Crippen molar-refractivity contribution < 1.29 is 9.22 Å². The molecule has 0 saturated heterocycles. The Kier molecular flexibility index (Phi) is 5.47. The molecule has 1 unspecified atom stereocenters. The molecule has 0 aliphatic rings. The van der Waals surface area contributed by atoms with Gasteiger partial charge in [-0.1, -0.05) is 74.2 Å². The molecule has 1 atom stereocenters. The topological polar surface area (TPSA) is 26.3 Å². The van der Waals surface area contributed by atoms with Gasteiger partial charge >= 0.3 is 0 Å². The normalized spacial score (nSPS) is 12.8. The maximum absolute atomic E-state index is 12.5. The van der Waals surface area contributed by atoms with Crippen molar-refractivity contribution in [1.82, 2.24) is 0 Å². The van der Waals surface area contributed by atoms with E-state index in [9.17, 15) is 4.79 Å². The summed E-state index contributed by atoms with van der Waals surface area (Å²) >= 11 is 0. The summed E-state index contributed by atoms with van der Waals surface area (Å²) in [4.78, 5) is 12.5. The fourth-order valence-electron chi connectivity index (χ4n) is 3.15. The second-order valence-electron chi connectivity index (χ2n) is 5.24. The molecule has 0 bridgehead atoms. The average Bonchev–Trinajstić information content (AvgIpc) is 2.60. The highest BCUT2D eigenvalue weighted by Gasteiger charge is 2.43. The van der Waals surface area contributed by atoms with Crippen molar-refractivity contribution in [1.29, 1.82) is 0 Å². The van der Waals surface area contributed by atoms with E-state index in [4.69, 9.17) is 4.43 Å². The molecule has 0 radical (unpaired) electrons. The molecule has 2 aromatic carbocycles. The summed E-state index contributed by atoms with van der Waals surface area (Å²) in [5.41, 5.74) is 1.28. The highest BCUT2D eigenvalue weighted by Crippen LogP contribution is 2.42. The van der Waals surface area contributed by atoms with E-state index in [0.717, 1.165) is 11.1 Å². The summed E-state index contributed by atoms with van der Waals surface area (Å²) in [6, 6.07) is 20.0. The minimum absolute atomic E-state index is 0.0195. The number of hydrogen-bond acceptors (Lipinski definition) is 2. The molecule has 114 valence electrons. The van der Waals surface area contributed by atoms with E-state index in [1.165, 1.54) is 6.08 Å². The summed E-state index contributed by atoms with van der Waals surface area (Å²) in [6.07, 6.45) is 2.10. The Balaban J connectivity index is 2.72. The fourth-order valence-corrected chi connectivity index (χ4v) is 3.91. The first-order valence-corrected chi connectivity index (χ1v) is 8.34. The van der Waals surface area contributed by atoms with Crippen LogP contribution in [0.1, 0.15) is 24.5 Å². The van der Waals surface area contributed by atoms with Gasteiger partial charge in [0.05, 0.1) is 5.92 Å². The maximum atomic E-state index is 12.5. The molecule has 2 aromatic rings. The van der Waals surface area contributed by atoms with Gasteiger partial charge in [0.1, 0.15) is 16.1 Å². The zero-order valence-electron chi connectivity index (χ0n) is 13.2. The molecule has 0 spiro atoms. The van der Waals surface area contributed by atoms with Crippen LogP contribution in [0.4, 0.5) is 0 Å². The number of hydrogen-bond donors (Lipinski definition) is 0. The van der Waals surface area contributed by atoms with E-state index in [1.807, 2.05) is 67.6 Å². The zero-order valence-corrected chi connectivity index (χ0v) is 15.2. The Bertz CT molecular complexity index is 583. The predicted molar refractivity (Wildman–Crippen MR) is 93.7 cm³/mol. The summed E-state index contributed by atoms with van der Waals surface area (Å²) in [5, 5.41) is 0. The molecule has 22 heavy (non-hydrogen) atoms. The Morgan fingerprint density at radius 1 is 1.14 bits per heavy atom. The molecule has 0 aliphatic carbocycles. The van der Waals surface area contributed by atoms with Crippen LogP contribution in [0, 0.1) is 5.92 Å². The Morgan fingerprint density at radius 2 is 1.59 bits per heavy atom. The Labute approximate surface area is 135 Å². The van der Waals surface area contributed by atoms with Gasteiger partial charge < -0.3 is 4.43 Å². The summed E-state index contributed by atoms with van der Waals surface area (Å²) < 4.78 is 6.16. The third-order valence-corrected chi connectivity index (χ3v) is 4.81. The number of benzene rings is 2. The molecule has 0 aromatic heterocycles. The summed E-state index contributed by atoms with van der Waals surface area (Å²) in [7, 11) is 0.530. The van der Waals surface area contributed by atoms with Crippen LogP contribution in [0.25, 0.3) is 0 Å². The highest BCUT2D eigenvalue weighted by molar-refractivity contribution is 5.99. The SMILES string of the molecule is C=CC(=O)C(CC)C(O[SiH3])(c1ccccc1)c1ccccc1. The van der Waals surface area contributed by atoms with Crippen LogP contribution >= 0.6 is 0 Å². The van der Waals surface area contributed by atoms with Gasteiger partial charge in [0.25, 0.3) is 0 Å². The van der Waals surface area contributed by atoms with Crippen molar-refractivity contribution >= 4 is 16.3 Å². The van der Waals surface area contributed by atoms with E-state index < -0.39 is 5.60 Å². The second-order valence-corrected chi connectivity index (χ2v) is 5.65. The van der Waals surface area contributed by atoms with Crippen LogP contribution in [-0.4, -0.2) is 16.3 Å². The Hall–Kier alpha value is -1.97. The van der Waals surface area contributed by atoms with Crippen LogP contribution in [0.2, 0.25) is 0 Å². The Morgan fingerprint density at radius 3 is 1.91 bits per heavy atom. The van der Waals surface area contributed by atoms with Gasteiger partial charge in [-0.25, -0.2) is 0 Å². The standard InChI is InChI=1S/C19H22O2Si/c1-3-17(18(20)4-2)19(21-22,15-11-7-5-8-12-15)16-13-9-6-10-14-16/h4-14,17H,2-3H2,1,22H3. The third-order valence-electron chi connectivity index (χ3n) is 4.17. The van der Waals surface area contributed by atoms with Crippen LogP contribution < -0.4 is 0 Å². The summed E-state index contributed by atoms with van der Waals surface area (Å²) in [6.45, 7) is 5.69. The third kappa shape index (κ3) is 2.82. The van der Waals surface area contributed by atoms with Crippen LogP contribution in [-0.2, 0) is 14.8 Å². The molecule has 0 N–H and O–H groups in total. The smallest absolute Gasteiger partial charge is 0.161 e. The fraction of sp³-hybridized carbons (Fsp3) is 0.211. The first kappa shape index (κ1) is 16.4. The molecule has 0 saturated carbocycles. The molecule has 3 heteroatoms. The van der Waals surface area contributed by atoms with Gasteiger partial charge in [-0.3, -0.25) is 4.79 Å². The minimum atomic E-state index is -0.741. The number of rotatable bonds is 7. The molecule has 0 aliphatic heterocycles. The lowest BCUT2D eigenvalue weighted by molar-refractivity contribution is -0.124. The number of allylic oxidation sites excluding steroid dienone is 1. The number of carbonyl (C=O) groups excluding carboxylic acids is 1. The van der Waals surface area contributed by atoms with Crippen molar-refractivity contribution in [2.45, 2.75) is 18.9 Å². The number of ketones is 1. The monoisotopic (exact) mass is 310 g/mol. The molecular weight excluding hydrogens is 288 g/mol. The maximum Gasteiger partial charge on any atom is 0.161 e. The number of carbonyl (C=O) groups is 1. The quantitative estimate of drug-likeness (QED) is 0.580. The van der Waals surface area contributed by atoms with Crippen molar-refractivity contribution in [3.8, 4) is 0 Å². The van der Waals surface area contributed by atoms with Crippen molar-refractivity contribution in [2.75, 3.05) is 0 Å². The van der Waals surface area contributed by atoms with Gasteiger partial charge in [-0.05, 0) is 23.6 Å². The molecule has 0 fully saturated rings. The molecule has 2 nitrogen and oxygen atoms in total. The average molecular weight is 310 g/mol. The molecule has 0 amide bonds. The van der Waals surface area contributed by atoms with Crippen LogP contribution in [0.3, 0.4) is 0 Å². The lowest BCUT2D eigenvalue weighted by Gasteiger charge is -2.40. The van der Waals surface area contributed by atoms with E-state index >= 15 is 0 Å². The van der Waals surface area contributed by atoms with Gasteiger partial charge in [0.15, 0.2) is 5.78 Å². The van der Waals surface area contributed by atoms with Crippen molar-refractivity contribution in [3.63, 3.8) is 0 Å². The molecule has 2 rings (SSSR count). The highest BCUT2D eigenvalue weighted by atomic mass is 28.2. The summed E-state index contributed by atoms with van der Waals surface area (Å²) in [5.74, 6) is -0.265. The molecular formula is C19H22O2Si. The first-order chi connectivity index (χ1) is 10.7. The second kappa shape index (κ2) is 7.34. The zero-order chi connectivity index (χ0) is 16.0. The van der Waals surface area contributed by atoms with Gasteiger partial charge in [0, 0.05) is 0 Å². The predicted octanol–water partition coefficient (Wildman–Crippen LogP) is 3.01. The minimum Gasteiger partial charge on any atom is -0.414 e. The van der Waals surface area contributed by atoms with E-state index in [2.05, 4.69) is 6.58 Å². The van der Waals surface area contributed by atoms with Gasteiger partial charge in [-0.2, -0.15) is 0 Å². The van der Waals surface area contributed by atoms with Crippen LogP contribution in [0.15, 0.2) is 73.3 Å². The lowest BCUT2D eigenvalue weighted by Crippen LogP contribution is -2.42. The van der Waals surface area contributed by atoms with Crippen molar-refractivity contribution in [3.05, 3.63) is 84.4 Å². The first-order valence-electron chi connectivity index (χ1n) is 7.53. The van der Waals surface area contributed by atoms with Gasteiger partial charge in [0.2, 0.25) is 0 Å².